The van der Waals surface area contributed by atoms with Crippen molar-refractivity contribution in [3.63, 3.8) is 0 Å². The molecule has 3 rings (SSSR count). The van der Waals surface area contributed by atoms with Crippen LogP contribution >= 0.6 is 23.2 Å². The Morgan fingerprint density at radius 3 is 2.50 bits per heavy atom. The summed E-state index contributed by atoms with van der Waals surface area (Å²) < 4.78 is 0. The number of aryl methyl sites for hydroxylation is 1. The second-order valence-electron chi connectivity index (χ2n) is 6.30. The lowest BCUT2D eigenvalue weighted by Crippen LogP contribution is -2.29. The summed E-state index contributed by atoms with van der Waals surface area (Å²) in [7, 11) is 0. The Labute approximate surface area is 150 Å². The van der Waals surface area contributed by atoms with Gasteiger partial charge in [0, 0.05) is 12.0 Å². The van der Waals surface area contributed by atoms with E-state index in [9.17, 15) is 9.59 Å². The molecule has 2 aromatic carbocycles. The van der Waals surface area contributed by atoms with E-state index >= 15 is 0 Å². The molecular weight excluding hydrogens is 347 g/mol. The van der Waals surface area contributed by atoms with Gasteiger partial charge in [0.2, 0.25) is 0 Å². The summed E-state index contributed by atoms with van der Waals surface area (Å²) in [5.74, 6) is -0.937. The van der Waals surface area contributed by atoms with E-state index in [0.717, 1.165) is 11.1 Å². The maximum atomic E-state index is 13.0. The second-order valence-corrected chi connectivity index (χ2v) is 7.05. The number of rotatable bonds is 4. The molecule has 3 nitrogen and oxygen atoms in total. The summed E-state index contributed by atoms with van der Waals surface area (Å²) in [4.78, 5) is 23.8. The van der Waals surface area contributed by atoms with E-state index < -0.39 is 11.4 Å². The number of carbonyl (C=O) groups is 2. The van der Waals surface area contributed by atoms with Crippen molar-refractivity contribution >= 4 is 35.0 Å². The van der Waals surface area contributed by atoms with Crippen molar-refractivity contribution in [2.24, 2.45) is 0 Å². The third-order valence-corrected chi connectivity index (χ3v) is 5.56. The van der Waals surface area contributed by atoms with Gasteiger partial charge in [-0.2, -0.15) is 0 Å². The van der Waals surface area contributed by atoms with E-state index in [1.165, 1.54) is 0 Å². The van der Waals surface area contributed by atoms with Crippen molar-refractivity contribution in [2.45, 2.75) is 31.6 Å². The minimum absolute atomic E-state index is 0.0290. The smallest absolute Gasteiger partial charge is 0.303 e. The van der Waals surface area contributed by atoms with Crippen LogP contribution in [0.25, 0.3) is 0 Å². The Balaban J connectivity index is 2.05. The van der Waals surface area contributed by atoms with Gasteiger partial charge in [0.05, 0.1) is 15.5 Å². The predicted octanol–water partition coefficient (Wildman–Crippen LogP) is 4.71. The number of halogens is 2. The molecule has 1 aliphatic rings. The summed E-state index contributed by atoms with van der Waals surface area (Å²) in [5, 5.41) is 9.39. The molecule has 1 aliphatic carbocycles. The number of hydrogen-bond acceptors (Lipinski definition) is 2. The third-order valence-electron chi connectivity index (χ3n) is 4.66. The molecule has 0 radical (unpaired) electrons. The second kappa shape index (κ2) is 6.23. The zero-order valence-electron chi connectivity index (χ0n) is 13.1. The van der Waals surface area contributed by atoms with Gasteiger partial charge >= 0.3 is 5.97 Å². The van der Waals surface area contributed by atoms with Crippen LogP contribution in [-0.4, -0.2) is 16.9 Å². The highest BCUT2D eigenvalue weighted by Gasteiger charge is 2.44. The number of fused-ring (bicyclic) bond motifs is 1. The molecule has 0 aliphatic heterocycles. The highest BCUT2D eigenvalue weighted by molar-refractivity contribution is 6.45. The van der Waals surface area contributed by atoms with Crippen LogP contribution in [0.3, 0.4) is 0 Å². The first kappa shape index (κ1) is 17.0. The first-order chi connectivity index (χ1) is 11.3. The van der Waals surface area contributed by atoms with Gasteiger partial charge < -0.3 is 5.11 Å². The Bertz CT molecular complexity index is 830. The van der Waals surface area contributed by atoms with E-state index in [1.54, 1.807) is 0 Å². The molecule has 0 heterocycles. The summed E-state index contributed by atoms with van der Waals surface area (Å²) in [5.41, 5.74) is 2.23. The number of benzene rings is 2. The van der Waals surface area contributed by atoms with Crippen LogP contribution in [0.1, 0.15) is 40.4 Å². The topological polar surface area (TPSA) is 54.4 Å². The maximum Gasteiger partial charge on any atom is 0.303 e. The largest absolute Gasteiger partial charge is 0.481 e. The van der Waals surface area contributed by atoms with Crippen molar-refractivity contribution in [2.75, 3.05) is 0 Å². The molecule has 2 aromatic rings. The first-order valence-electron chi connectivity index (χ1n) is 7.66. The molecular formula is C19H16Cl2O3. The first-order valence-corrected chi connectivity index (χ1v) is 8.42. The van der Waals surface area contributed by atoms with Gasteiger partial charge in [0.1, 0.15) is 0 Å². The van der Waals surface area contributed by atoms with Crippen LogP contribution in [0.15, 0.2) is 36.4 Å². The van der Waals surface area contributed by atoms with Gasteiger partial charge in [0.15, 0.2) is 5.78 Å². The van der Waals surface area contributed by atoms with Crippen molar-refractivity contribution in [1.29, 1.82) is 0 Å². The van der Waals surface area contributed by atoms with Gasteiger partial charge in [-0.25, -0.2) is 0 Å². The van der Waals surface area contributed by atoms with Crippen LogP contribution in [0.4, 0.5) is 0 Å². The van der Waals surface area contributed by atoms with E-state index in [2.05, 4.69) is 0 Å². The van der Waals surface area contributed by atoms with Crippen LogP contribution in [-0.2, 0) is 23.1 Å². The number of ketones is 1. The lowest BCUT2D eigenvalue weighted by Gasteiger charge is -2.22. The van der Waals surface area contributed by atoms with E-state index in [-0.39, 0.29) is 28.7 Å². The molecule has 0 unspecified atom stereocenters. The molecule has 0 amide bonds. The van der Waals surface area contributed by atoms with E-state index in [0.29, 0.717) is 17.5 Å². The molecule has 0 fully saturated rings. The Kier molecular flexibility index (Phi) is 4.41. The Hall–Kier alpha value is -1.84. The van der Waals surface area contributed by atoms with Crippen LogP contribution < -0.4 is 0 Å². The maximum absolute atomic E-state index is 13.0. The molecule has 0 aromatic heterocycles. The zero-order valence-corrected chi connectivity index (χ0v) is 14.6. The van der Waals surface area contributed by atoms with Crippen molar-refractivity contribution in [1.82, 2.24) is 0 Å². The summed E-state index contributed by atoms with van der Waals surface area (Å²) in [6.45, 7) is 1.91. The predicted molar refractivity (Wildman–Crippen MR) is 94.2 cm³/mol. The van der Waals surface area contributed by atoms with Crippen LogP contribution in [0.5, 0.6) is 0 Å². The molecule has 5 heteroatoms. The number of carboxylic acid groups (broad SMARTS) is 1. The van der Waals surface area contributed by atoms with Gasteiger partial charge in [-0.05, 0) is 36.5 Å². The summed E-state index contributed by atoms with van der Waals surface area (Å²) >= 11 is 12.7. The number of hydrogen-bond donors (Lipinski definition) is 1. The molecule has 24 heavy (non-hydrogen) atoms. The van der Waals surface area contributed by atoms with Crippen LogP contribution in [0, 0.1) is 0 Å². The molecule has 0 saturated heterocycles. The number of aliphatic carboxylic acids is 1. The lowest BCUT2D eigenvalue weighted by molar-refractivity contribution is -0.136. The van der Waals surface area contributed by atoms with Crippen molar-refractivity contribution in [3.8, 4) is 0 Å². The third kappa shape index (κ3) is 2.72. The van der Waals surface area contributed by atoms with Gasteiger partial charge in [-0.1, -0.05) is 59.6 Å². The van der Waals surface area contributed by atoms with Crippen molar-refractivity contribution < 1.29 is 14.7 Å². The zero-order chi connectivity index (χ0) is 17.5. The molecule has 124 valence electrons. The lowest BCUT2D eigenvalue weighted by atomic mass is 9.79. The highest BCUT2D eigenvalue weighted by atomic mass is 35.5. The fraction of sp³-hybridized carbons (Fsp3) is 0.263. The molecule has 0 bridgehead atoms. The normalized spacial score (nSPS) is 19.4. The highest BCUT2D eigenvalue weighted by Crippen LogP contribution is 2.45. The minimum atomic E-state index is -0.895. The average molecular weight is 363 g/mol. The minimum Gasteiger partial charge on any atom is -0.481 e. The summed E-state index contributed by atoms with van der Waals surface area (Å²) in [6, 6.07) is 11.4. The van der Waals surface area contributed by atoms with E-state index in [4.69, 9.17) is 28.3 Å². The average Bonchev–Trinajstić information content (AvgIpc) is 2.82. The fourth-order valence-corrected chi connectivity index (χ4v) is 3.89. The van der Waals surface area contributed by atoms with Gasteiger partial charge in [-0.3, -0.25) is 9.59 Å². The van der Waals surface area contributed by atoms with Gasteiger partial charge in [-0.15, -0.1) is 0 Å². The van der Waals surface area contributed by atoms with Crippen molar-refractivity contribution in [3.05, 3.63) is 68.7 Å². The Morgan fingerprint density at radius 2 is 1.88 bits per heavy atom. The quantitative estimate of drug-likeness (QED) is 0.856. The molecule has 1 atom stereocenters. The summed E-state index contributed by atoms with van der Waals surface area (Å²) in [6.07, 6.45) is 0.790. The number of Topliss-reactive ketones (excluding diaryl/α,β-unsaturated/α-hetero) is 1. The molecule has 1 N–H and O–H groups in total. The van der Waals surface area contributed by atoms with Crippen LogP contribution in [0.2, 0.25) is 10.0 Å². The molecule has 0 spiro atoms. The van der Waals surface area contributed by atoms with Gasteiger partial charge in [0.25, 0.3) is 0 Å². The molecule has 0 saturated carbocycles. The Morgan fingerprint density at radius 1 is 1.21 bits per heavy atom. The standard InChI is InChI=1S/C19H16Cl2O3/c1-19(13-5-3-2-4-6-13)10-12-9-11(7-8-14(22)23)16(20)17(21)15(12)18(19)24/h2-6,9H,7-8,10H2,1H3,(H,22,23)/t19-/m0/s1. The number of carboxylic acids is 1. The SMILES string of the molecule is C[C@@]1(c2ccccc2)Cc2cc(CCC(=O)O)c(Cl)c(Cl)c2C1=O. The fourth-order valence-electron chi connectivity index (χ4n) is 3.32. The number of carbonyl (C=O) groups excluding carboxylic acids is 1. The monoisotopic (exact) mass is 362 g/mol. The van der Waals surface area contributed by atoms with E-state index in [1.807, 2.05) is 43.3 Å².